The van der Waals surface area contributed by atoms with E-state index in [1.807, 2.05) is 6.26 Å². The zero-order valence-corrected chi connectivity index (χ0v) is 11.3. The number of amides is 1. The van der Waals surface area contributed by atoms with Gasteiger partial charge in [0, 0.05) is 12.8 Å². The van der Waals surface area contributed by atoms with E-state index >= 15 is 0 Å². The molecule has 0 radical (unpaired) electrons. The summed E-state index contributed by atoms with van der Waals surface area (Å²) in [7, 11) is 1.69. The molecule has 0 spiro atoms. The second-order valence-electron chi connectivity index (χ2n) is 2.86. The number of carbonyl (C=O) groups excluding carboxylic acids is 1. The summed E-state index contributed by atoms with van der Waals surface area (Å²) in [5.74, 6) is 0.924. The first kappa shape index (κ1) is 14.6. The van der Waals surface area contributed by atoms with Gasteiger partial charge in [-0.15, -0.1) is 11.8 Å². The van der Waals surface area contributed by atoms with Crippen LogP contribution < -0.4 is 0 Å². The number of carbonyl (C=O) groups is 1. The van der Waals surface area contributed by atoms with Crippen molar-refractivity contribution in [3.05, 3.63) is 0 Å². The molecule has 15 heavy (non-hydrogen) atoms. The predicted molar refractivity (Wildman–Crippen MR) is 68.2 cm³/mol. The van der Waals surface area contributed by atoms with E-state index in [0.29, 0.717) is 0 Å². The number of rotatable bonds is 5. The molecule has 0 aliphatic carbocycles. The molecule has 0 atom stereocenters. The Labute approximate surface area is 99.9 Å². The fourth-order valence-corrected chi connectivity index (χ4v) is 1.54. The van der Waals surface area contributed by atoms with Crippen LogP contribution in [-0.4, -0.2) is 34.5 Å². The largest absolute Gasteiger partial charge is 0.445 e. The molecule has 6 heteroatoms. The molecular weight excluding hydrogens is 232 g/mol. The van der Waals surface area contributed by atoms with Crippen LogP contribution in [0.4, 0.5) is 4.79 Å². The first-order chi connectivity index (χ1) is 7.11. The maximum atomic E-state index is 11.3. The molecule has 0 aromatic rings. The molecule has 1 amide bonds. The molecule has 0 aliphatic heterocycles. The fourth-order valence-electron chi connectivity index (χ4n) is 0.597. The summed E-state index contributed by atoms with van der Waals surface area (Å²) in [6.07, 6.45) is 3.67. The minimum atomic E-state index is -0.426. The number of oxime groups is 1. The Morgan fingerprint density at radius 1 is 1.53 bits per heavy atom. The monoisotopic (exact) mass is 250 g/mol. The third-order valence-electron chi connectivity index (χ3n) is 1.59. The number of thioether (sulfide) groups is 1. The molecule has 0 N–H and O–H groups in total. The van der Waals surface area contributed by atoms with Gasteiger partial charge in [-0.2, -0.15) is 0 Å². The van der Waals surface area contributed by atoms with E-state index in [9.17, 15) is 4.79 Å². The van der Waals surface area contributed by atoms with Gasteiger partial charge in [0.2, 0.25) is 0 Å². The molecule has 0 unspecified atom stereocenters. The zero-order chi connectivity index (χ0) is 11.7. The minimum absolute atomic E-state index is 0.426. The number of hydrogen-bond acceptors (Lipinski definition) is 5. The van der Waals surface area contributed by atoms with Gasteiger partial charge < -0.3 is 0 Å². The molecule has 0 saturated heterocycles. The minimum Gasteiger partial charge on any atom is -0.296 e. The third-order valence-corrected chi connectivity index (χ3v) is 3.26. The quantitative estimate of drug-likeness (QED) is 0.188. The highest BCUT2D eigenvalue weighted by molar-refractivity contribution is 8.13. The van der Waals surface area contributed by atoms with E-state index in [-0.39, 0.29) is 0 Å². The highest BCUT2D eigenvalue weighted by atomic mass is 32.2. The van der Waals surface area contributed by atoms with Gasteiger partial charge in [-0.25, -0.2) is 4.79 Å². The normalized spacial score (nSPS) is 11.3. The maximum absolute atomic E-state index is 11.3. The topological polar surface area (TPSA) is 41.9 Å². The summed E-state index contributed by atoms with van der Waals surface area (Å²) < 4.78 is 1.47. The number of hydrogen-bond donors (Lipinski definition) is 0. The summed E-state index contributed by atoms with van der Waals surface area (Å²) in [6, 6.07) is 0. The second kappa shape index (κ2) is 8.91. The van der Waals surface area contributed by atoms with E-state index in [2.05, 4.69) is 12.1 Å². The van der Waals surface area contributed by atoms with Crippen molar-refractivity contribution in [2.24, 2.45) is 5.16 Å². The van der Waals surface area contributed by atoms with Crippen LogP contribution in [0.3, 0.4) is 0 Å². The van der Waals surface area contributed by atoms with Crippen LogP contribution >= 0.6 is 23.7 Å². The van der Waals surface area contributed by atoms with E-state index < -0.39 is 6.09 Å². The molecule has 0 fully saturated rings. The van der Waals surface area contributed by atoms with Crippen LogP contribution in [0.2, 0.25) is 0 Å². The van der Waals surface area contributed by atoms with Gasteiger partial charge in [0.25, 0.3) is 0 Å². The van der Waals surface area contributed by atoms with Crippen molar-refractivity contribution in [2.75, 3.05) is 19.1 Å². The first-order valence-electron chi connectivity index (χ1n) is 4.78. The highest BCUT2D eigenvalue weighted by Crippen LogP contribution is 2.11. The van der Waals surface area contributed by atoms with E-state index in [0.717, 1.165) is 23.6 Å². The lowest BCUT2D eigenvalue weighted by Gasteiger charge is -2.12. The molecule has 0 rings (SSSR count). The molecule has 0 heterocycles. The van der Waals surface area contributed by atoms with Gasteiger partial charge in [0.05, 0.1) is 0 Å². The Kier molecular flexibility index (Phi) is 8.70. The lowest BCUT2D eigenvalue weighted by Crippen LogP contribution is -2.19. The van der Waals surface area contributed by atoms with Gasteiger partial charge in [-0.05, 0) is 31.5 Å². The average Bonchev–Trinajstić information content (AvgIpc) is 2.25. The van der Waals surface area contributed by atoms with Crippen LogP contribution in [0.5, 0.6) is 0 Å². The summed E-state index contributed by atoms with van der Waals surface area (Å²) in [5, 5.41) is 4.40. The summed E-state index contributed by atoms with van der Waals surface area (Å²) >= 11 is 2.90. The second-order valence-corrected chi connectivity index (χ2v) is 5.07. The smallest absolute Gasteiger partial charge is 0.296 e. The van der Waals surface area contributed by atoms with Crippen molar-refractivity contribution in [1.29, 1.82) is 0 Å². The van der Waals surface area contributed by atoms with Crippen LogP contribution in [0, 0.1) is 0 Å². The lowest BCUT2D eigenvalue weighted by atomic mass is 10.4. The molecule has 0 saturated carbocycles. The van der Waals surface area contributed by atoms with Gasteiger partial charge in [-0.1, -0.05) is 18.5 Å². The van der Waals surface area contributed by atoms with Gasteiger partial charge in [-0.3, -0.25) is 9.14 Å². The molecule has 0 aromatic heterocycles. The molecule has 0 bridgehead atoms. The van der Waals surface area contributed by atoms with E-state index in [1.165, 1.54) is 28.0 Å². The fraction of sp³-hybridized carbons (Fsp3) is 0.778. The van der Waals surface area contributed by atoms with Crippen LogP contribution in [0.1, 0.15) is 26.7 Å². The lowest BCUT2D eigenvalue weighted by molar-refractivity contribution is 0.137. The Bertz CT molecular complexity index is 222. The van der Waals surface area contributed by atoms with Crippen LogP contribution in [0.15, 0.2) is 5.16 Å². The Morgan fingerprint density at radius 3 is 2.73 bits per heavy atom. The van der Waals surface area contributed by atoms with Crippen molar-refractivity contribution in [2.45, 2.75) is 26.7 Å². The summed E-state index contributed by atoms with van der Waals surface area (Å²) in [6.45, 7) is 3.91. The summed E-state index contributed by atoms with van der Waals surface area (Å²) in [4.78, 5) is 16.0. The zero-order valence-electron chi connectivity index (χ0n) is 9.65. The van der Waals surface area contributed by atoms with Crippen LogP contribution in [-0.2, 0) is 4.84 Å². The van der Waals surface area contributed by atoms with Gasteiger partial charge in [0.1, 0.15) is 5.04 Å². The van der Waals surface area contributed by atoms with Gasteiger partial charge >= 0.3 is 6.09 Å². The average molecular weight is 250 g/mol. The number of nitrogens with zero attached hydrogens (tertiary/aromatic N) is 2. The maximum Gasteiger partial charge on any atom is 0.445 e. The Balaban J connectivity index is 3.79. The predicted octanol–water partition coefficient (Wildman–Crippen LogP) is 3.20. The van der Waals surface area contributed by atoms with Crippen molar-refractivity contribution in [3.63, 3.8) is 0 Å². The summed E-state index contributed by atoms with van der Waals surface area (Å²) in [5.41, 5.74) is 0. The molecule has 4 nitrogen and oxygen atoms in total. The van der Waals surface area contributed by atoms with Crippen molar-refractivity contribution in [1.82, 2.24) is 4.31 Å². The van der Waals surface area contributed by atoms with E-state index in [1.54, 1.807) is 14.0 Å². The molecular formula is C9H18N2O2S2. The molecule has 0 aliphatic rings. The van der Waals surface area contributed by atoms with Crippen LogP contribution in [0.25, 0.3) is 0 Å². The molecule has 88 valence electrons. The van der Waals surface area contributed by atoms with Gasteiger partial charge in [0.15, 0.2) is 0 Å². The van der Waals surface area contributed by atoms with Crippen molar-refractivity contribution in [3.8, 4) is 0 Å². The number of unbranched alkanes of at least 4 members (excludes halogenated alkanes) is 1. The Morgan fingerprint density at radius 2 is 2.20 bits per heavy atom. The SMILES string of the molecule is CCCCSN(C)C(=O)ON=C(C)SC. The third kappa shape index (κ3) is 7.56. The highest BCUT2D eigenvalue weighted by Gasteiger charge is 2.10. The van der Waals surface area contributed by atoms with Crippen molar-refractivity contribution < 1.29 is 9.63 Å². The first-order valence-corrected chi connectivity index (χ1v) is 6.94. The van der Waals surface area contributed by atoms with Crippen molar-refractivity contribution >= 4 is 34.8 Å². The molecule has 0 aromatic carbocycles. The van der Waals surface area contributed by atoms with E-state index in [4.69, 9.17) is 4.84 Å². The standard InChI is InChI=1S/C9H18N2O2S2/c1-5-6-7-15-11(3)9(12)13-10-8(2)14-4/h5-7H2,1-4H3. The Hall–Kier alpha value is -0.360.